The molecule has 0 atom stereocenters. The molecule has 6 rings (SSSR count). The van der Waals surface area contributed by atoms with Crippen LogP contribution in [0.1, 0.15) is 63.0 Å². The quantitative estimate of drug-likeness (QED) is 0.381. The zero-order valence-electron chi connectivity index (χ0n) is 18.0. The molecule has 0 saturated heterocycles. The zero-order chi connectivity index (χ0) is 22.4. The van der Waals surface area contributed by atoms with E-state index in [1.807, 2.05) is 35.0 Å². The Morgan fingerprint density at radius 1 is 0.781 bits per heavy atom. The second kappa shape index (κ2) is 6.17. The fraction of sp³-hybridized carbons (Fsp3) is 0.455. The smallest absolute Gasteiger partial charge is 0.150 e. The topological polar surface area (TPSA) is 153 Å². The zero-order valence-corrected chi connectivity index (χ0v) is 18.0. The van der Waals surface area contributed by atoms with Crippen LogP contribution in [0.4, 0.5) is 11.6 Å². The number of aromatic nitrogens is 6. The Kier molecular flexibility index (Phi) is 3.75. The van der Waals surface area contributed by atoms with Gasteiger partial charge in [0.1, 0.15) is 45.7 Å². The summed E-state index contributed by atoms with van der Waals surface area (Å²) in [6.07, 6.45) is 9.50. The third kappa shape index (κ3) is 2.72. The lowest BCUT2D eigenvalue weighted by molar-refractivity contribution is -0.0340. The molecule has 4 heterocycles. The number of nitrogens with zero attached hydrogens (tertiary/aromatic N) is 6. The number of hydrogen-bond donors (Lipinski definition) is 4. The summed E-state index contributed by atoms with van der Waals surface area (Å²) in [6, 6.07) is 0. The van der Waals surface area contributed by atoms with Crippen molar-refractivity contribution in [2.75, 3.05) is 11.5 Å². The van der Waals surface area contributed by atoms with Crippen LogP contribution < -0.4 is 11.5 Å². The highest BCUT2D eigenvalue weighted by atomic mass is 16.3. The Labute approximate surface area is 184 Å². The van der Waals surface area contributed by atoms with Crippen LogP contribution in [-0.2, 0) is 0 Å². The van der Waals surface area contributed by atoms with Gasteiger partial charge >= 0.3 is 0 Å². The molecule has 0 bridgehead atoms. The van der Waals surface area contributed by atoms with E-state index in [4.69, 9.17) is 21.4 Å². The summed E-state index contributed by atoms with van der Waals surface area (Å²) in [5.41, 5.74) is 13.8. The number of imidazole rings is 2. The molecule has 0 aliphatic heterocycles. The van der Waals surface area contributed by atoms with Crippen LogP contribution in [0.25, 0.3) is 22.4 Å². The Morgan fingerprint density at radius 3 is 1.50 bits per heavy atom. The van der Waals surface area contributed by atoms with Gasteiger partial charge in [-0.15, -0.1) is 0 Å². The Bertz CT molecular complexity index is 1260. The predicted octanol–water partition coefficient (Wildman–Crippen LogP) is 1.86. The Morgan fingerprint density at radius 2 is 1.16 bits per heavy atom. The predicted molar refractivity (Wildman–Crippen MR) is 119 cm³/mol. The third-order valence-electron chi connectivity index (χ3n) is 6.92. The standard InChI is InChI=1S/C22H26N8O2/c1-21(31)7-11(8-21)19-27-13(15-17(23)25-3-5-29(15)19)14-16-18(24)26-4-6-30(16)20(28-14)12-9-22(2,32)10-12/h3-6,11-12,31-32H,7-10H2,1-2H3,(H2,23,25)(H2,24,26)/t11-,12-,21+,22+. The van der Waals surface area contributed by atoms with Gasteiger partial charge in [-0.2, -0.15) is 0 Å². The van der Waals surface area contributed by atoms with E-state index >= 15 is 0 Å². The molecule has 2 saturated carbocycles. The van der Waals surface area contributed by atoms with Crippen LogP contribution in [0, 0.1) is 0 Å². The van der Waals surface area contributed by atoms with Crippen molar-refractivity contribution < 1.29 is 10.2 Å². The summed E-state index contributed by atoms with van der Waals surface area (Å²) in [5, 5.41) is 20.6. The fourth-order valence-corrected chi connectivity index (χ4v) is 5.45. The molecule has 0 aromatic carbocycles. The first-order valence-corrected chi connectivity index (χ1v) is 10.8. The summed E-state index contributed by atoms with van der Waals surface area (Å²) in [6.45, 7) is 3.68. The van der Waals surface area contributed by atoms with Crippen molar-refractivity contribution in [3.05, 3.63) is 36.4 Å². The first-order chi connectivity index (χ1) is 15.1. The van der Waals surface area contributed by atoms with E-state index in [-0.39, 0.29) is 11.8 Å². The molecule has 32 heavy (non-hydrogen) atoms. The molecule has 10 heteroatoms. The molecule has 2 fully saturated rings. The number of aliphatic hydroxyl groups is 2. The molecule has 0 spiro atoms. The van der Waals surface area contributed by atoms with Gasteiger partial charge in [-0.3, -0.25) is 8.80 Å². The molecule has 6 N–H and O–H groups in total. The molecule has 0 unspecified atom stereocenters. The Hall–Kier alpha value is -3.24. The summed E-state index contributed by atoms with van der Waals surface area (Å²) in [7, 11) is 0. The van der Waals surface area contributed by atoms with Crippen molar-refractivity contribution in [2.45, 2.75) is 62.6 Å². The fourth-order valence-electron chi connectivity index (χ4n) is 5.45. The van der Waals surface area contributed by atoms with Crippen molar-refractivity contribution in [3.63, 3.8) is 0 Å². The molecular weight excluding hydrogens is 408 g/mol. The van der Waals surface area contributed by atoms with E-state index in [0.29, 0.717) is 59.7 Å². The SMILES string of the molecule is C[C@]1(O)C[C@@H](c2nc(-c3nc([C@H]4C[C@@](C)(O)C4)n4ccnc(N)c34)c3c(N)nccn32)C1. The van der Waals surface area contributed by atoms with E-state index in [1.165, 1.54) is 0 Å². The lowest BCUT2D eigenvalue weighted by Crippen LogP contribution is -2.40. The largest absolute Gasteiger partial charge is 0.390 e. The molecule has 0 radical (unpaired) electrons. The maximum absolute atomic E-state index is 10.3. The molecule has 0 amide bonds. The third-order valence-corrected chi connectivity index (χ3v) is 6.92. The first kappa shape index (κ1) is 19.4. The maximum atomic E-state index is 10.3. The number of nitrogens with two attached hydrogens (primary N) is 2. The van der Waals surface area contributed by atoms with Crippen molar-refractivity contribution in [1.82, 2.24) is 28.7 Å². The summed E-state index contributed by atoms with van der Waals surface area (Å²) < 4.78 is 3.90. The van der Waals surface area contributed by atoms with Crippen LogP contribution in [0.3, 0.4) is 0 Å². The van der Waals surface area contributed by atoms with E-state index in [0.717, 1.165) is 11.6 Å². The molecule has 166 valence electrons. The van der Waals surface area contributed by atoms with Crippen LogP contribution in [0.15, 0.2) is 24.8 Å². The average molecular weight is 435 g/mol. The number of anilines is 2. The van der Waals surface area contributed by atoms with Crippen LogP contribution in [0.5, 0.6) is 0 Å². The van der Waals surface area contributed by atoms with Gasteiger partial charge in [0, 0.05) is 36.6 Å². The van der Waals surface area contributed by atoms with Crippen LogP contribution >= 0.6 is 0 Å². The lowest BCUT2D eigenvalue weighted by Gasteiger charge is -2.40. The number of fused-ring (bicyclic) bond motifs is 2. The highest BCUT2D eigenvalue weighted by Gasteiger charge is 2.43. The van der Waals surface area contributed by atoms with Gasteiger partial charge in [-0.25, -0.2) is 19.9 Å². The minimum atomic E-state index is -0.682. The number of hydrogen-bond acceptors (Lipinski definition) is 8. The van der Waals surface area contributed by atoms with Gasteiger partial charge in [0.25, 0.3) is 0 Å². The second-order valence-electron chi connectivity index (χ2n) is 9.90. The highest BCUT2D eigenvalue weighted by Crippen LogP contribution is 2.47. The van der Waals surface area contributed by atoms with E-state index in [1.54, 1.807) is 12.4 Å². The molecular formula is C22H26N8O2. The Balaban J connectivity index is 1.58. The molecule has 2 aliphatic carbocycles. The lowest BCUT2D eigenvalue weighted by atomic mass is 9.72. The van der Waals surface area contributed by atoms with Gasteiger partial charge in [0.2, 0.25) is 0 Å². The van der Waals surface area contributed by atoms with E-state index in [2.05, 4.69) is 9.97 Å². The number of nitrogen functional groups attached to an aromatic ring is 2. The van der Waals surface area contributed by atoms with Crippen molar-refractivity contribution in [2.24, 2.45) is 0 Å². The first-order valence-electron chi connectivity index (χ1n) is 10.8. The van der Waals surface area contributed by atoms with Crippen molar-refractivity contribution in [3.8, 4) is 11.4 Å². The summed E-state index contributed by atoms with van der Waals surface area (Å²) >= 11 is 0. The summed E-state index contributed by atoms with van der Waals surface area (Å²) in [5.74, 6) is 2.57. The average Bonchev–Trinajstić information content (AvgIpc) is 3.24. The minimum absolute atomic E-state index is 0.110. The molecule has 2 aliphatic rings. The highest BCUT2D eigenvalue weighted by molar-refractivity contribution is 5.93. The van der Waals surface area contributed by atoms with E-state index < -0.39 is 11.2 Å². The summed E-state index contributed by atoms with van der Waals surface area (Å²) in [4.78, 5) is 18.5. The second-order valence-corrected chi connectivity index (χ2v) is 9.90. The van der Waals surface area contributed by atoms with Gasteiger partial charge in [-0.1, -0.05) is 0 Å². The molecule has 4 aromatic heterocycles. The van der Waals surface area contributed by atoms with E-state index in [9.17, 15) is 10.2 Å². The molecule has 4 aromatic rings. The molecule has 10 nitrogen and oxygen atoms in total. The van der Waals surface area contributed by atoms with Crippen LogP contribution in [0.2, 0.25) is 0 Å². The maximum Gasteiger partial charge on any atom is 0.150 e. The van der Waals surface area contributed by atoms with Crippen molar-refractivity contribution >= 4 is 22.7 Å². The number of rotatable bonds is 3. The van der Waals surface area contributed by atoms with Gasteiger partial charge < -0.3 is 21.7 Å². The minimum Gasteiger partial charge on any atom is -0.390 e. The normalized spacial score (nSPS) is 29.9. The van der Waals surface area contributed by atoms with Crippen molar-refractivity contribution in [1.29, 1.82) is 0 Å². The van der Waals surface area contributed by atoms with Gasteiger partial charge in [0.05, 0.1) is 11.2 Å². The van der Waals surface area contributed by atoms with Crippen LogP contribution in [-0.4, -0.2) is 50.2 Å². The van der Waals surface area contributed by atoms with Gasteiger partial charge in [-0.05, 0) is 39.5 Å². The monoisotopic (exact) mass is 434 g/mol. The van der Waals surface area contributed by atoms with Gasteiger partial charge in [0.15, 0.2) is 0 Å².